The van der Waals surface area contributed by atoms with Crippen LogP contribution in [0.15, 0.2) is 36.5 Å². The molecule has 2 N–H and O–H groups in total. The number of rotatable bonds is 9. The van der Waals surface area contributed by atoms with E-state index in [0.29, 0.717) is 37.2 Å². The molecule has 1 aromatic carbocycles. The van der Waals surface area contributed by atoms with Crippen LogP contribution in [0.3, 0.4) is 0 Å². The summed E-state index contributed by atoms with van der Waals surface area (Å²) in [7, 11) is 3.54. The Kier molecular flexibility index (Phi) is 7.56. The topological polar surface area (TPSA) is 86.1 Å². The van der Waals surface area contributed by atoms with E-state index in [1.165, 1.54) is 0 Å². The van der Waals surface area contributed by atoms with Gasteiger partial charge in [0.05, 0.1) is 17.4 Å². The van der Waals surface area contributed by atoms with Gasteiger partial charge in [-0.25, -0.2) is 0 Å². The van der Waals surface area contributed by atoms with Crippen molar-refractivity contribution in [3.63, 3.8) is 0 Å². The molecule has 31 heavy (non-hydrogen) atoms. The number of aliphatic hydroxyl groups excluding tert-OH is 1. The smallest absolute Gasteiger partial charge is 0.150 e. The Bertz CT molecular complexity index is 885. The fourth-order valence-corrected chi connectivity index (χ4v) is 4.19. The maximum Gasteiger partial charge on any atom is 0.150 e. The zero-order valence-electron chi connectivity index (χ0n) is 18.8. The third-order valence-corrected chi connectivity index (χ3v) is 5.89. The SMILES string of the molecule is CO[C@H](c1ccc(C(C)(O)CN2CC[C@H](O)C2)cc1C=O)N(C)Cc1ccc(C)cn1. The average Bonchev–Trinajstić information content (AvgIpc) is 3.14. The van der Waals surface area contributed by atoms with E-state index >= 15 is 0 Å². The number of ether oxygens (including phenoxy) is 1. The summed E-state index contributed by atoms with van der Waals surface area (Å²) in [5.41, 5.74) is 2.76. The van der Waals surface area contributed by atoms with Crippen LogP contribution in [-0.2, 0) is 16.9 Å². The van der Waals surface area contributed by atoms with Crippen LogP contribution in [0.4, 0.5) is 0 Å². The molecule has 2 heterocycles. The molecule has 1 fully saturated rings. The summed E-state index contributed by atoms with van der Waals surface area (Å²) in [5, 5.41) is 20.8. The van der Waals surface area contributed by atoms with E-state index in [1.54, 1.807) is 20.1 Å². The molecule has 7 heteroatoms. The number of aldehydes is 1. The second-order valence-corrected chi connectivity index (χ2v) is 8.74. The Hall–Kier alpha value is -2.16. The Morgan fingerprint density at radius 2 is 2.16 bits per heavy atom. The van der Waals surface area contributed by atoms with Crippen molar-refractivity contribution in [1.82, 2.24) is 14.8 Å². The van der Waals surface area contributed by atoms with Gasteiger partial charge in [0.1, 0.15) is 12.5 Å². The monoisotopic (exact) mass is 427 g/mol. The molecule has 0 bridgehead atoms. The number of methoxy groups -OCH3 is 1. The minimum Gasteiger partial charge on any atom is -0.392 e. The van der Waals surface area contributed by atoms with Crippen LogP contribution in [-0.4, -0.2) is 71.2 Å². The van der Waals surface area contributed by atoms with Gasteiger partial charge in [0.25, 0.3) is 0 Å². The highest BCUT2D eigenvalue weighted by Crippen LogP contribution is 2.30. The van der Waals surface area contributed by atoms with Crippen molar-refractivity contribution in [1.29, 1.82) is 0 Å². The highest BCUT2D eigenvalue weighted by Gasteiger charge is 2.31. The van der Waals surface area contributed by atoms with Gasteiger partial charge < -0.3 is 14.9 Å². The summed E-state index contributed by atoms with van der Waals surface area (Å²) in [6, 6.07) is 9.43. The average molecular weight is 428 g/mol. The molecule has 1 aliphatic heterocycles. The number of benzene rings is 1. The number of aromatic nitrogens is 1. The molecular weight excluding hydrogens is 394 g/mol. The quantitative estimate of drug-likeness (QED) is 0.469. The Balaban J connectivity index is 1.79. The number of carbonyl (C=O) groups is 1. The van der Waals surface area contributed by atoms with Crippen molar-refractivity contribution in [2.45, 2.75) is 44.7 Å². The second-order valence-electron chi connectivity index (χ2n) is 8.74. The molecule has 0 aliphatic carbocycles. The largest absolute Gasteiger partial charge is 0.392 e. The van der Waals surface area contributed by atoms with Crippen molar-refractivity contribution in [3.05, 3.63) is 64.5 Å². The van der Waals surface area contributed by atoms with Crippen molar-refractivity contribution in [3.8, 4) is 0 Å². The van der Waals surface area contributed by atoms with Crippen LogP contribution in [0.1, 0.15) is 52.3 Å². The van der Waals surface area contributed by atoms with Gasteiger partial charge in [0, 0.05) is 50.6 Å². The fraction of sp³-hybridized carbons (Fsp3) is 0.500. The van der Waals surface area contributed by atoms with Gasteiger partial charge in [-0.1, -0.05) is 18.2 Å². The maximum atomic E-state index is 11.9. The first-order valence-corrected chi connectivity index (χ1v) is 10.6. The molecule has 1 unspecified atom stereocenters. The molecule has 0 amide bonds. The molecule has 3 atom stereocenters. The lowest BCUT2D eigenvalue weighted by atomic mass is 9.91. The van der Waals surface area contributed by atoms with Crippen LogP contribution in [0.5, 0.6) is 0 Å². The van der Waals surface area contributed by atoms with Crippen LogP contribution in [0.25, 0.3) is 0 Å². The van der Waals surface area contributed by atoms with Gasteiger partial charge in [-0.15, -0.1) is 0 Å². The molecule has 1 aliphatic rings. The number of pyridine rings is 1. The van der Waals surface area contributed by atoms with Gasteiger partial charge in [-0.2, -0.15) is 0 Å². The molecular formula is C24H33N3O4. The fourth-order valence-electron chi connectivity index (χ4n) is 4.19. The molecule has 2 aromatic rings. The van der Waals surface area contributed by atoms with Gasteiger partial charge in [-0.05, 0) is 50.6 Å². The van der Waals surface area contributed by atoms with E-state index < -0.39 is 11.8 Å². The lowest BCUT2D eigenvalue weighted by Crippen LogP contribution is -2.38. The van der Waals surface area contributed by atoms with E-state index in [4.69, 9.17) is 4.74 Å². The van der Waals surface area contributed by atoms with E-state index in [1.807, 2.05) is 54.2 Å². The summed E-state index contributed by atoms with van der Waals surface area (Å²) >= 11 is 0. The van der Waals surface area contributed by atoms with Crippen molar-refractivity contribution >= 4 is 6.29 Å². The van der Waals surface area contributed by atoms with Crippen molar-refractivity contribution in [2.24, 2.45) is 0 Å². The minimum absolute atomic E-state index is 0.343. The van der Waals surface area contributed by atoms with E-state index in [0.717, 1.165) is 29.7 Å². The normalized spacial score (nSPS) is 20.0. The number of carbonyl (C=O) groups excluding carboxylic acids is 1. The number of likely N-dealkylation sites (tertiary alicyclic amines) is 1. The third kappa shape index (κ3) is 5.75. The Morgan fingerprint density at radius 1 is 1.39 bits per heavy atom. The van der Waals surface area contributed by atoms with Crippen LogP contribution >= 0.6 is 0 Å². The van der Waals surface area contributed by atoms with Crippen LogP contribution in [0.2, 0.25) is 0 Å². The number of hydrogen-bond donors (Lipinski definition) is 2. The lowest BCUT2D eigenvalue weighted by Gasteiger charge is -2.31. The van der Waals surface area contributed by atoms with Crippen molar-refractivity contribution < 1.29 is 19.7 Å². The maximum absolute atomic E-state index is 11.9. The molecule has 0 radical (unpaired) electrons. The predicted octanol–water partition coefficient (Wildman–Crippen LogP) is 2.25. The van der Waals surface area contributed by atoms with E-state index in [2.05, 4.69) is 4.98 Å². The minimum atomic E-state index is -1.14. The summed E-state index contributed by atoms with van der Waals surface area (Å²) in [4.78, 5) is 20.4. The van der Waals surface area contributed by atoms with E-state index in [-0.39, 0.29) is 6.10 Å². The summed E-state index contributed by atoms with van der Waals surface area (Å²) < 4.78 is 5.72. The van der Waals surface area contributed by atoms with Gasteiger partial charge >= 0.3 is 0 Å². The predicted molar refractivity (Wildman–Crippen MR) is 119 cm³/mol. The summed E-state index contributed by atoms with van der Waals surface area (Å²) in [5.74, 6) is 0. The summed E-state index contributed by atoms with van der Waals surface area (Å²) in [6.07, 6.45) is 2.57. The first-order chi connectivity index (χ1) is 14.7. The zero-order chi connectivity index (χ0) is 22.6. The van der Waals surface area contributed by atoms with Crippen LogP contribution < -0.4 is 0 Å². The van der Waals surface area contributed by atoms with Crippen LogP contribution in [0, 0.1) is 6.92 Å². The highest BCUT2D eigenvalue weighted by molar-refractivity contribution is 5.78. The number of hydrogen-bond acceptors (Lipinski definition) is 7. The Labute approximate surface area is 184 Å². The van der Waals surface area contributed by atoms with Gasteiger partial charge in [-0.3, -0.25) is 19.6 Å². The lowest BCUT2D eigenvalue weighted by molar-refractivity contribution is -0.0256. The molecule has 7 nitrogen and oxygen atoms in total. The molecule has 1 saturated heterocycles. The second kappa shape index (κ2) is 9.97. The number of aliphatic hydroxyl groups is 2. The van der Waals surface area contributed by atoms with Crippen molar-refractivity contribution in [2.75, 3.05) is 33.8 Å². The molecule has 1 aromatic heterocycles. The number of nitrogens with zero attached hydrogens (tertiary/aromatic N) is 3. The van der Waals surface area contributed by atoms with E-state index in [9.17, 15) is 15.0 Å². The first-order valence-electron chi connectivity index (χ1n) is 10.6. The molecule has 3 rings (SSSR count). The summed E-state index contributed by atoms with van der Waals surface area (Å²) in [6.45, 7) is 6.00. The van der Waals surface area contributed by atoms with Gasteiger partial charge in [0.2, 0.25) is 0 Å². The van der Waals surface area contributed by atoms with Gasteiger partial charge in [0.15, 0.2) is 0 Å². The molecule has 168 valence electrons. The Morgan fingerprint density at radius 3 is 2.74 bits per heavy atom. The number of β-amino-alcohol motifs (C(OH)–C–C–N with tert-alkyl or cyclic N) is 2. The first kappa shape index (κ1) is 23.5. The highest BCUT2D eigenvalue weighted by atomic mass is 16.5. The zero-order valence-corrected chi connectivity index (χ0v) is 18.8. The standard InChI is InChI=1S/C24H33N3O4/c1-17-5-7-20(25-12-17)13-26(3)23(31-4)22-8-6-19(11-18(22)15-28)24(2,30)16-27-10-9-21(29)14-27/h5-8,11-12,15,21,23,29-30H,9-10,13-14,16H2,1-4H3/t21-,23+,24?/m0/s1. The number of aryl methyl sites for hydroxylation is 1. The third-order valence-electron chi connectivity index (χ3n) is 5.89. The molecule has 0 spiro atoms. The molecule has 0 saturated carbocycles.